The summed E-state index contributed by atoms with van der Waals surface area (Å²) in [6, 6.07) is 7.92. The summed E-state index contributed by atoms with van der Waals surface area (Å²) in [6.45, 7) is 2.47. The second kappa shape index (κ2) is 9.08. The highest BCUT2D eigenvalue weighted by Crippen LogP contribution is 2.22. The number of nitrogens with zero attached hydrogens (tertiary/aromatic N) is 4. The Bertz CT molecular complexity index is 748. The molecule has 0 aliphatic carbocycles. The molecule has 1 aromatic carbocycles. The lowest BCUT2D eigenvalue weighted by Crippen LogP contribution is -2.01. The first kappa shape index (κ1) is 18.0. The van der Waals surface area contributed by atoms with E-state index < -0.39 is 0 Å². The number of halogens is 1. The Labute approximate surface area is 150 Å². The number of ether oxygens (including phenoxy) is 1. The molecule has 0 aliphatic heterocycles. The summed E-state index contributed by atoms with van der Waals surface area (Å²) in [4.78, 5) is 4.11. The van der Waals surface area contributed by atoms with Crippen LogP contribution in [-0.2, 0) is 0 Å². The number of imidazole rings is 1. The molecule has 0 aliphatic rings. The Hall–Kier alpha value is -2.33. The Balaban J connectivity index is 2.02. The molecule has 0 bridgehead atoms. The van der Waals surface area contributed by atoms with Crippen molar-refractivity contribution in [1.29, 1.82) is 5.26 Å². The number of anilines is 1. The number of unbranched alkanes of at least 4 members (excludes halogenated alkanes) is 3. The van der Waals surface area contributed by atoms with Gasteiger partial charge in [-0.25, -0.2) is 9.66 Å². The van der Waals surface area contributed by atoms with Crippen molar-refractivity contribution in [3.8, 4) is 11.8 Å². The molecule has 1 aromatic heterocycles. The highest BCUT2D eigenvalue weighted by atomic mass is 79.9. The molecule has 0 radical (unpaired) electrons. The third kappa shape index (κ3) is 5.39. The van der Waals surface area contributed by atoms with Gasteiger partial charge in [-0.05, 0) is 44.4 Å². The summed E-state index contributed by atoms with van der Waals surface area (Å²) in [5, 5.41) is 12.9. The maximum Gasteiger partial charge on any atom is 0.221 e. The van der Waals surface area contributed by atoms with E-state index >= 15 is 0 Å². The highest BCUT2D eigenvalue weighted by Gasteiger charge is 2.04. The predicted octanol–water partition coefficient (Wildman–Crippen LogP) is 3.88. The van der Waals surface area contributed by atoms with Crippen molar-refractivity contribution < 1.29 is 4.74 Å². The number of nitrogens with two attached hydrogens (primary N) is 1. The molecule has 7 heteroatoms. The lowest BCUT2D eigenvalue weighted by atomic mass is 10.2. The van der Waals surface area contributed by atoms with Gasteiger partial charge in [-0.2, -0.15) is 10.4 Å². The van der Waals surface area contributed by atoms with Gasteiger partial charge in [0.1, 0.15) is 5.75 Å². The largest absolute Gasteiger partial charge is 0.493 e. The van der Waals surface area contributed by atoms with Crippen LogP contribution in [0.3, 0.4) is 0 Å². The van der Waals surface area contributed by atoms with Crippen LogP contribution in [0.5, 0.6) is 5.75 Å². The van der Waals surface area contributed by atoms with Crippen molar-refractivity contribution >= 4 is 28.1 Å². The summed E-state index contributed by atoms with van der Waals surface area (Å²) in [5.74, 6) is 1.11. The van der Waals surface area contributed by atoms with Gasteiger partial charge in [-0.1, -0.05) is 15.9 Å². The van der Waals surface area contributed by atoms with E-state index in [4.69, 9.17) is 15.7 Å². The maximum absolute atomic E-state index is 8.52. The average molecular weight is 390 g/mol. The number of nitriles is 1. The van der Waals surface area contributed by atoms with Crippen LogP contribution in [0, 0.1) is 18.3 Å². The van der Waals surface area contributed by atoms with E-state index in [1.807, 2.05) is 25.1 Å². The van der Waals surface area contributed by atoms with Gasteiger partial charge in [0.25, 0.3) is 0 Å². The van der Waals surface area contributed by atoms with Gasteiger partial charge in [0, 0.05) is 16.5 Å². The van der Waals surface area contributed by atoms with Gasteiger partial charge in [0.15, 0.2) is 0 Å². The van der Waals surface area contributed by atoms with Gasteiger partial charge in [0.2, 0.25) is 5.95 Å². The fourth-order valence-corrected chi connectivity index (χ4v) is 2.52. The number of hydrogen-bond acceptors (Lipinski definition) is 5. The van der Waals surface area contributed by atoms with Gasteiger partial charge >= 0.3 is 0 Å². The van der Waals surface area contributed by atoms with Crippen LogP contribution < -0.4 is 10.5 Å². The zero-order valence-electron chi connectivity index (χ0n) is 13.6. The summed E-state index contributed by atoms with van der Waals surface area (Å²) < 4.78 is 8.32. The summed E-state index contributed by atoms with van der Waals surface area (Å²) in [5.41, 5.74) is 7.45. The van der Waals surface area contributed by atoms with Gasteiger partial charge in [-0.15, -0.1) is 0 Å². The zero-order chi connectivity index (χ0) is 17.4. The lowest BCUT2D eigenvalue weighted by molar-refractivity contribution is 0.305. The smallest absolute Gasteiger partial charge is 0.221 e. The van der Waals surface area contributed by atoms with Gasteiger partial charge in [0.05, 0.1) is 30.8 Å². The molecule has 2 rings (SSSR count). The standard InChI is InChI=1S/C17H20BrN5O/c1-13-12-23(17(20)22-13)21-11-14-10-15(18)6-7-16(14)24-9-5-3-2-4-8-19/h6-7,10-12H,2-5,9H2,1H3,(H2,20,22). The molecule has 0 fully saturated rings. The topological polar surface area (TPSA) is 89.2 Å². The molecule has 0 unspecified atom stereocenters. The summed E-state index contributed by atoms with van der Waals surface area (Å²) in [6.07, 6.45) is 6.88. The fraction of sp³-hybridized carbons (Fsp3) is 0.353. The number of aryl methyl sites for hydroxylation is 1. The first-order valence-electron chi connectivity index (χ1n) is 7.75. The van der Waals surface area contributed by atoms with E-state index in [2.05, 4.69) is 32.1 Å². The second-order valence-corrected chi connectivity index (χ2v) is 6.24. The predicted molar refractivity (Wildman–Crippen MR) is 98.1 cm³/mol. The molecule has 2 N–H and O–H groups in total. The Morgan fingerprint density at radius 2 is 2.25 bits per heavy atom. The molecule has 1 heterocycles. The van der Waals surface area contributed by atoms with Crippen LogP contribution in [0.2, 0.25) is 0 Å². The molecule has 24 heavy (non-hydrogen) atoms. The first-order valence-corrected chi connectivity index (χ1v) is 8.54. The van der Waals surface area contributed by atoms with Crippen LogP contribution in [0.15, 0.2) is 34.0 Å². The van der Waals surface area contributed by atoms with E-state index in [1.165, 1.54) is 4.68 Å². The van der Waals surface area contributed by atoms with Gasteiger partial charge < -0.3 is 10.5 Å². The van der Waals surface area contributed by atoms with Crippen LogP contribution in [0.25, 0.3) is 0 Å². The quantitative estimate of drug-likeness (QED) is 0.547. The summed E-state index contributed by atoms with van der Waals surface area (Å²) in [7, 11) is 0. The van der Waals surface area contributed by atoms with Crippen molar-refractivity contribution in [2.24, 2.45) is 5.10 Å². The number of aromatic nitrogens is 2. The third-order valence-corrected chi connectivity index (χ3v) is 3.81. The zero-order valence-corrected chi connectivity index (χ0v) is 15.2. The molecular formula is C17H20BrN5O. The number of hydrogen-bond donors (Lipinski definition) is 1. The normalized spacial score (nSPS) is 10.9. The van der Waals surface area contributed by atoms with E-state index in [0.29, 0.717) is 19.0 Å². The second-order valence-electron chi connectivity index (χ2n) is 5.33. The lowest BCUT2D eigenvalue weighted by Gasteiger charge is -2.09. The average Bonchev–Trinajstić information content (AvgIpc) is 2.88. The van der Waals surface area contributed by atoms with Crippen LogP contribution >= 0.6 is 15.9 Å². The molecule has 0 saturated carbocycles. The first-order chi connectivity index (χ1) is 11.6. The Kier molecular flexibility index (Phi) is 6.82. The minimum absolute atomic E-state index is 0.346. The minimum Gasteiger partial charge on any atom is -0.493 e. The molecule has 0 spiro atoms. The van der Waals surface area contributed by atoms with Crippen LogP contribution in [0.4, 0.5) is 5.95 Å². The molecule has 6 nitrogen and oxygen atoms in total. The minimum atomic E-state index is 0.346. The Morgan fingerprint density at radius 1 is 1.42 bits per heavy atom. The third-order valence-electron chi connectivity index (χ3n) is 3.32. The monoisotopic (exact) mass is 389 g/mol. The summed E-state index contributed by atoms with van der Waals surface area (Å²) >= 11 is 3.46. The SMILES string of the molecule is Cc1cn(N=Cc2cc(Br)ccc2OCCCCCC#N)c(N)n1. The maximum atomic E-state index is 8.52. The van der Waals surface area contributed by atoms with Gasteiger partial charge in [-0.3, -0.25) is 0 Å². The van der Waals surface area contributed by atoms with Crippen molar-refractivity contribution in [3.05, 3.63) is 40.1 Å². The van der Waals surface area contributed by atoms with E-state index in [9.17, 15) is 0 Å². The molecular weight excluding hydrogens is 370 g/mol. The number of nitrogen functional groups attached to an aromatic ring is 1. The van der Waals surface area contributed by atoms with E-state index in [0.717, 1.165) is 40.7 Å². The highest BCUT2D eigenvalue weighted by molar-refractivity contribution is 9.10. The van der Waals surface area contributed by atoms with E-state index in [-0.39, 0.29) is 0 Å². The molecule has 0 saturated heterocycles. The Morgan fingerprint density at radius 3 is 2.96 bits per heavy atom. The van der Waals surface area contributed by atoms with Crippen molar-refractivity contribution in [1.82, 2.24) is 9.66 Å². The molecule has 0 atom stereocenters. The fourth-order valence-electron chi connectivity index (χ4n) is 2.14. The van der Waals surface area contributed by atoms with Crippen molar-refractivity contribution in [2.75, 3.05) is 12.3 Å². The van der Waals surface area contributed by atoms with Crippen LogP contribution in [0.1, 0.15) is 36.9 Å². The van der Waals surface area contributed by atoms with Crippen LogP contribution in [-0.4, -0.2) is 22.5 Å². The molecule has 2 aromatic rings. The van der Waals surface area contributed by atoms with Crippen molar-refractivity contribution in [3.63, 3.8) is 0 Å². The van der Waals surface area contributed by atoms with Crippen molar-refractivity contribution in [2.45, 2.75) is 32.6 Å². The number of rotatable bonds is 8. The molecule has 0 amide bonds. The molecule has 126 valence electrons. The van der Waals surface area contributed by atoms with E-state index in [1.54, 1.807) is 12.4 Å². The number of benzene rings is 1.